The molecule has 0 spiro atoms. The molecule has 1 nitrogen and oxygen atoms in total. The van der Waals surface area contributed by atoms with Crippen LogP contribution in [0, 0.1) is 0 Å². The molecule has 0 radical (unpaired) electrons. The zero-order valence-electron chi connectivity index (χ0n) is 22.5. The van der Waals surface area contributed by atoms with Gasteiger partial charge in [0, 0.05) is 27.6 Å². The van der Waals surface area contributed by atoms with Gasteiger partial charge >= 0.3 is 0 Å². The van der Waals surface area contributed by atoms with E-state index in [0.717, 1.165) is 0 Å². The van der Waals surface area contributed by atoms with Gasteiger partial charge < -0.3 is 0 Å². The molecule has 40 heavy (non-hydrogen) atoms. The highest BCUT2D eigenvalue weighted by Crippen LogP contribution is 2.46. The Hall–Kier alpha value is -4.18. The Balaban J connectivity index is 1.34. The van der Waals surface area contributed by atoms with E-state index in [1.807, 2.05) is 24.2 Å². The minimum Gasteiger partial charge on any atom is -0.264 e. The zero-order chi connectivity index (χ0) is 26.8. The molecule has 0 bridgehead atoms. The van der Waals surface area contributed by atoms with Gasteiger partial charge in [0.05, 0.1) is 0 Å². The van der Waals surface area contributed by atoms with Crippen LogP contribution in [-0.4, -0.2) is 13.1 Å². The maximum Gasteiger partial charge on any atom is 0.113 e. The molecule has 8 rings (SSSR count). The fourth-order valence-corrected chi connectivity index (χ4v) is 10.8. The number of hydrogen-bond donors (Lipinski definition) is 0. The van der Waals surface area contributed by atoms with Crippen LogP contribution in [0.4, 0.5) is 0 Å². The molecule has 0 N–H and O–H groups in total. The summed E-state index contributed by atoms with van der Waals surface area (Å²) in [7, 11) is -1.67. The van der Waals surface area contributed by atoms with Crippen LogP contribution in [0.2, 0.25) is 13.1 Å². The summed E-state index contributed by atoms with van der Waals surface area (Å²) in [4.78, 5) is 7.17. The first-order valence-corrected chi connectivity index (χ1v) is 17.6. The predicted octanol–water partition coefficient (Wildman–Crippen LogP) is 9.16. The quantitative estimate of drug-likeness (QED) is 0.162. The van der Waals surface area contributed by atoms with E-state index in [1.54, 1.807) is 10.4 Å². The fraction of sp³-hybridized carbons (Fsp3) is 0.0541. The van der Waals surface area contributed by atoms with Crippen LogP contribution in [0.3, 0.4) is 0 Å². The number of hydrogen-bond acceptors (Lipinski definition) is 2. The Morgan fingerprint density at radius 2 is 1.30 bits per heavy atom. The molecule has 3 heteroatoms. The average molecular weight is 546 g/mol. The van der Waals surface area contributed by atoms with Crippen molar-refractivity contribution in [3.8, 4) is 22.3 Å². The molecule has 0 atom stereocenters. The van der Waals surface area contributed by atoms with Gasteiger partial charge in [-0.05, 0) is 83.8 Å². The Morgan fingerprint density at radius 3 is 2.20 bits per heavy atom. The largest absolute Gasteiger partial charge is 0.264 e. The highest BCUT2D eigenvalue weighted by Gasteiger charge is 2.37. The van der Waals surface area contributed by atoms with Crippen molar-refractivity contribution >= 4 is 62.5 Å². The third-order valence-corrected chi connectivity index (χ3v) is 13.3. The summed E-state index contributed by atoms with van der Waals surface area (Å²) in [6.07, 6.45) is 3.97. The molecule has 7 aromatic rings. The summed E-state index contributed by atoms with van der Waals surface area (Å²) in [5, 5.41) is 10.6. The lowest BCUT2D eigenvalue weighted by molar-refractivity contribution is 1.36. The molecular formula is C37H27NSSi. The smallest absolute Gasteiger partial charge is 0.113 e. The van der Waals surface area contributed by atoms with E-state index >= 15 is 0 Å². The molecule has 2 heterocycles. The molecule has 0 unspecified atom stereocenters. The summed E-state index contributed by atoms with van der Waals surface area (Å²) in [6, 6.07) is 42.6. The molecule has 190 valence electrons. The van der Waals surface area contributed by atoms with E-state index in [2.05, 4.69) is 133 Å². The Labute approximate surface area is 239 Å². The van der Waals surface area contributed by atoms with E-state index in [9.17, 15) is 0 Å². The summed E-state index contributed by atoms with van der Waals surface area (Å²) in [6.45, 7) is 4.95. The maximum absolute atomic E-state index is 4.60. The second-order valence-electron chi connectivity index (χ2n) is 11.2. The lowest BCUT2D eigenvalue weighted by Gasteiger charge is -2.19. The number of rotatable bonds is 3. The fourth-order valence-electron chi connectivity index (χ4n) is 6.63. The van der Waals surface area contributed by atoms with Crippen molar-refractivity contribution in [2.24, 2.45) is 0 Å². The molecule has 6 aromatic carbocycles. The van der Waals surface area contributed by atoms with Crippen molar-refractivity contribution in [1.29, 1.82) is 0 Å². The minimum atomic E-state index is -1.67. The van der Waals surface area contributed by atoms with Crippen molar-refractivity contribution in [3.05, 3.63) is 128 Å². The molecular weight excluding hydrogens is 519 g/mol. The minimum absolute atomic E-state index is 1.19. The van der Waals surface area contributed by atoms with Gasteiger partial charge in [-0.1, -0.05) is 116 Å². The van der Waals surface area contributed by atoms with Gasteiger partial charge in [-0.2, -0.15) is 0 Å². The lowest BCUT2D eigenvalue weighted by atomic mass is 9.92. The van der Waals surface area contributed by atoms with Crippen molar-refractivity contribution in [2.45, 2.75) is 22.9 Å². The summed E-state index contributed by atoms with van der Waals surface area (Å²) < 4.78 is 0. The van der Waals surface area contributed by atoms with Gasteiger partial charge in [0.15, 0.2) is 0 Å². The average Bonchev–Trinajstić information content (AvgIpc) is 3.23. The first kappa shape index (κ1) is 23.7. The predicted molar refractivity (Wildman–Crippen MR) is 175 cm³/mol. The topological polar surface area (TPSA) is 12.9 Å². The number of fused-ring (bicyclic) bond motifs is 6. The maximum atomic E-state index is 4.60. The number of aromatic nitrogens is 1. The first-order chi connectivity index (χ1) is 19.6. The van der Waals surface area contributed by atoms with Gasteiger partial charge in [-0.25, -0.2) is 0 Å². The lowest BCUT2D eigenvalue weighted by Crippen LogP contribution is -2.49. The Morgan fingerprint density at radius 1 is 0.575 bits per heavy atom. The van der Waals surface area contributed by atoms with Crippen LogP contribution in [0.25, 0.3) is 54.6 Å². The van der Waals surface area contributed by atoms with Gasteiger partial charge in [-0.3, -0.25) is 4.98 Å². The molecule has 0 fully saturated rings. The monoisotopic (exact) mass is 545 g/mol. The van der Waals surface area contributed by atoms with Gasteiger partial charge in [0.1, 0.15) is 8.07 Å². The summed E-state index contributed by atoms with van der Waals surface area (Å²) in [5.41, 5.74) is 5.32. The number of nitrogens with zero attached hydrogens (tertiary/aromatic N) is 1. The van der Waals surface area contributed by atoms with Crippen LogP contribution < -0.4 is 10.4 Å². The van der Waals surface area contributed by atoms with Crippen molar-refractivity contribution in [1.82, 2.24) is 4.98 Å². The molecule has 0 amide bonds. The van der Waals surface area contributed by atoms with Crippen LogP contribution in [-0.2, 0) is 0 Å². The molecule has 0 saturated heterocycles. The van der Waals surface area contributed by atoms with E-state index in [-0.39, 0.29) is 0 Å². The van der Waals surface area contributed by atoms with E-state index in [4.69, 9.17) is 0 Å². The van der Waals surface area contributed by atoms with Crippen molar-refractivity contribution < 1.29 is 0 Å². The van der Waals surface area contributed by atoms with Gasteiger partial charge in [-0.15, -0.1) is 0 Å². The zero-order valence-corrected chi connectivity index (χ0v) is 24.3. The van der Waals surface area contributed by atoms with Gasteiger partial charge in [0.25, 0.3) is 0 Å². The highest BCUT2D eigenvalue weighted by atomic mass is 32.2. The van der Waals surface area contributed by atoms with Crippen LogP contribution in [0.15, 0.2) is 137 Å². The van der Waals surface area contributed by atoms with Crippen LogP contribution in [0.5, 0.6) is 0 Å². The van der Waals surface area contributed by atoms with Crippen LogP contribution in [0.1, 0.15) is 0 Å². The van der Waals surface area contributed by atoms with E-state index in [1.165, 1.54) is 64.4 Å². The summed E-state index contributed by atoms with van der Waals surface area (Å²) >= 11 is 1.88. The second-order valence-corrected chi connectivity index (χ2v) is 16.6. The third-order valence-electron chi connectivity index (χ3n) is 8.59. The standard InChI is InChI=1S/C37H27NSSi/c1-40(2)34-14-8-7-11-28(34)32-22-27(17-18-35(32)40)39-37-30-13-6-5-12-29(30)36(33-23-38-20-19-31(33)37)26-16-15-24-9-3-4-10-25(24)21-26/h3-23H,1-2H3. The number of pyridine rings is 1. The SMILES string of the molecule is C[Si]1(C)c2ccccc2-c2cc(Sc3c4ccccc4c(-c4ccc5ccccc5c4)c4cnccc34)ccc21. The Kier molecular flexibility index (Phi) is 5.28. The molecule has 0 saturated carbocycles. The molecule has 1 aliphatic heterocycles. The van der Waals surface area contributed by atoms with Crippen molar-refractivity contribution in [2.75, 3.05) is 0 Å². The van der Waals surface area contributed by atoms with Crippen LogP contribution >= 0.6 is 11.8 Å². The van der Waals surface area contributed by atoms with Gasteiger partial charge in [0.2, 0.25) is 0 Å². The normalized spacial score (nSPS) is 13.6. The van der Waals surface area contributed by atoms with Crippen molar-refractivity contribution in [3.63, 3.8) is 0 Å². The Bertz CT molecular complexity index is 2070. The highest BCUT2D eigenvalue weighted by molar-refractivity contribution is 7.99. The first-order valence-electron chi connectivity index (χ1n) is 13.8. The molecule has 1 aliphatic rings. The molecule has 1 aromatic heterocycles. The van der Waals surface area contributed by atoms with E-state index < -0.39 is 8.07 Å². The summed E-state index contributed by atoms with van der Waals surface area (Å²) in [5.74, 6) is 0. The second kappa shape index (κ2) is 8.92. The number of benzene rings is 6. The molecule has 0 aliphatic carbocycles. The third kappa shape index (κ3) is 3.51. The van der Waals surface area contributed by atoms with E-state index in [0.29, 0.717) is 0 Å².